The van der Waals surface area contributed by atoms with E-state index >= 15 is 0 Å². The molecule has 0 aromatic heterocycles. The van der Waals surface area contributed by atoms with Gasteiger partial charge >= 0.3 is 6.09 Å². The van der Waals surface area contributed by atoms with E-state index in [1.54, 1.807) is 6.07 Å². The Morgan fingerprint density at radius 1 is 0.947 bits per heavy atom. The smallest absolute Gasteiger partial charge is 0.408 e. The van der Waals surface area contributed by atoms with Crippen molar-refractivity contribution in [1.29, 1.82) is 0 Å². The van der Waals surface area contributed by atoms with Gasteiger partial charge in [0.2, 0.25) is 0 Å². The van der Waals surface area contributed by atoms with Crippen molar-refractivity contribution in [2.75, 3.05) is 6.61 Å². The number of rotatable bonds is 12. The summed E-state index contributed by atoms with van der Waals surface area (Å²) in [7, 11) is 0. The van der Waals surface area contributed by atoms with Gasteiger partial charge in [0.05, 0.1) is 12.1 Å². The number of ether oxygens (including phenoxy) is 3. The number of hydrogen-bond donors (Lipinski definition) is 2. The third kappa shape index (κ3) is 9.26. The molecule has 1 amide bonds. The number of hydrogen-bond acceptors (Lipinski definition) is 5. The quantitative estimate of drug-likeness (QED) is 0.246. The Hall–Kier alpha value is -3.22. The molecule has 204 valence electrons. The molecule has 3 rings (SSSR count). The lowest BCUT2D eigenvalue weighted by atomic mass is 9.89. The second-order valence-corrected chi connectivity index (χ2v) is 10.8. The molecule has 38 heavy (non-hydrogen) atoms. The highest BCUT2D eigenvalue weighted by Gasteiger charge is 2.31. The van der Waals surface area contributed by atoms with Gasteiger partial charge in [0, 0.05) is 11.1 Å². The van der Waals surface area contributed by atoms with Crippen molar-refractivity contribution in [3.8, 4) is 17.2 Å². The molecule has 0 fully saturated rings. The molecule has 0 aliphatic rings. The zero-order valence-electron chi connectivity index (χ0n) is 22.6. The van der Waals surface area contributed by atoms with E-state index in [-0.39, 0.29) is 6.61 Å². The fourth-order valence-electron chi connectivity index (χ4n) is 3.99. The van der Waals surface area contributed by atoms with Crippen molar-refractivity contribution in [2.45, 2.75) is 71.1 Å². The number of amides is 1. The molecular formula is C31H38ClNO5. The van der Waals surface area contributed by atoms with Crippen LogP contribution in [0.2, 0.25) is 5.02 Å². The molecule has 0 saturated carbocycles. The van der Waals surface area contributed by atoms with Gasteiger partial charge in [-0.15, -0.1) is 0 Å². The van der Waals surface area contributed by atoms with E-state index in [1.165, 1.54) is 0 Å². The van der Waals surface area contributed by atoms with Crippen LogP contribution in [-0.2, 0) is 17.8 Å². The number of aliphatic hydroxyl groups excluding tert-OH is 1. The molecule has 3 aromatic carbocycles. The first kappa shape index (κ1) is 29.3. The van der Waals surface area contributed by atoms with Crippen LogP contribution in [0.3, 0.4) is 0 Å². The van der Waals surface area contributed by atoms with E-state index in [9.17, 15) is 9.90 Å². The number of halogens is 1. The van der Waals surface area contributed by atoms with Gasteiger partial charge in [-0.05, 0) is 81.8 Å². The average molecular weight is 540 g/mol. The maximum Gasteiger partial charge on any atom is 0.408 e. The zero-order valence-corrected chi connectivity index (χ0v) is 23.4. The molecule has 0 bridgehead atoms. The molecule has 0 aliphatic carbocycles. The van der Waals surface area contributed by atoms with Gasteiger partial charge in [0.1, 0.15) is 29.5 Å². The minimum atomic E-state index is -0.745. The van der Waals surface area contributed by atoms with Gasteiger partial charge in [-0.3, -0.25) is 0 Å². The predicted octanol–water partition coefficient (Wildman–Crippen LogP) is 7.70. The first-order chi connectivity index (χ1) is 18.1. The Kier molecular flexibility index (Phi) is 10.5. The van der Waals surface area contributed by atoms with E-state index in [0.29, 0.717) is 42.4 Å². The minimum absolute atomic E-state index is 0.169. The fourth-order valence-corrected chi connectivity index (χ4v) is 4.26. The largest absolute Gasteiger partial charge is 0.489 e. The molecule has 0 aliphatic heterocycles. The summed E-state index contributed by atoms with van der Waals surface area (Å²) in [4.78, 5) is 12.3. The van der Waals surface area contributed by atoms with E-state index in [0.717, 1.165) is 23.3 Å². The van der Waals surface area contributed by atoms with E-state index in [4.69, 9.17) is 25.8 Å². The number of benzene rings is 3. The molecule has 0 heterocycles. The number of aliphatic hydroxyl groups is 1. The Morgan fingerprint density at radius 2 is 1.66 bits per heavy atom. The van der Waals surface area contributed by atoms with Crippen molar-refractivity contribution in [3.05, 3.63) is 88.9 Å². The number of aryl methyl sites for hydroxylation is 1. The van der Waals surface area contributed by atoms with Gasteiger partial charge in [-0.1, -0.05) is 61.0 Å². The number of nitrogens with one attached hydrogen (secondary N) is 1. The summed E-state index contributed by atoms with van der Waals surface area (Å²) in [6.07, 6.45) is 2.06. The van der Waals surface area contributed by atoms with Crippen LogP contribution in [-0.4, -0.2) is 28.9 Å². The molecule has 0 spiro atoms. The van der Waals surface area contributed by atoms with Crippen molar-refractivity contribution < 1.29 is 24.1 Å². The Morgan fingerprint density at radius 3 is 2.32 bits per heavy atom. The van der Waals surface area contributed by atoms with Gasteiger partial charge in [-0.2, -0.15) is 0 Å². The maximum atomic E-state index is 12.3. The highest BCUT2D eigenvalue weighted by molar-refractivity contribution is 6.31. The molecule has 6 nitrogen and oxygen atoms in total. The normalized spacial score (nSPS) is 12.9. The molecule has 3 aromatic rings. The first-order valence-corrected chi connectivity index (χ1v) is 13.3. The van der Waals surface area contributed by atoms with Crippen LogP contribution < -0.4 is 14.8 Å². The van der Waals surface area contributed by atoms with Crippen molar-refractivity contribution in [1.82, 2.24) is 5.32 Å². The van der Waals surface area contributed by atoms with Crippen LogP contribution in [0.25, 0.3) is 0 Å². The first-order valence-electron chi connectivity index (χ1n) is 13.0. The van der Waals surface area contributed by atoms with E-state index in [1.807, 2.05) is 94.4 Å². The molecule has 0 radical (unpaired) electrons. The predicted molar refractivity (Wildman–Crippen MR) is 151 cm³/mol. The highest BCUT2D eigenvalue weighted by Crippen LogP contribution is 2.30. The summed E-state index contributed by atoms with van der Waals surface area (Å²) in [5.74, 6) is 2.00. The van der Waals surface area contributed by atoms with E-state index < -0.39 is 17.2 Å². The Balaban J connectivity index is 1.55. The van der Waals surface area contributed by atoms with Crippen molar-refractivity contribution >= 4 is 17.7 Å². The Labute approximate surface area is 230 Å². The second kappa shape index (κ2) is 13.5. The SMILES string of the molecule is CCC(CO)(CCCc1ccc(Oc2cccc(OCc3ccccc3)c2)cc1Cl)NC(=O)OC(C)(C)C. The molecular weight excluding hydrogens is 502 g/mol. The number of carbonyl (C=O) groups is 1. The molecule has 1 unspecified atom stereocenters. The van der Waals surface area contributed by atoms with Crippen LogP contribution in [0, 0.1) is 0 Å². The maximum absolute atomic E-state index is 12.3. The summed E-state index contributed by atoms with van der Waals surface area (Å²) in [5, 5.41) is 13.5. The van der Waals surface area contributed by atoms with Crippen LogP contribution in [0.15, 0.2) is 72.8 Å². The molecule has 2 N–H and O–H groups in total. The van der Waals surface area contributed by atoms with Gasteiger partial charge in [0.15, 0.2) is 0 Å². The van der Waals surface area contributed by atoms with Crippen LogP contribution in [0.4, 0.5) is 4.79 Å². The monoisotopic (exact) mass is 539 g/mol. The number of alkyl carbamates (subject to hydrolysis) is 1. The van der Waals surface area contributed by atoms with Crippen LogP contribution in [0.1, 0.15) is 58.1 Å². The summed E-state index contributed by atoms with van der Waals surface area (Å²) >= 11 is 6.58. The molecule has 7 heteroatoms. The van der Waals surface area contributed by atoms with Crippen LogP contribution in [0.5, 0.6) is 17.2 Å². The van der Waals surface area contributed by atoms with Crippen LogP contribution >= 0.6 is 11.6 Å². The fraction of sp³-hybridized carbons (Fsp3) is 0.387. The van der Waals surface area contributed by atoms with Crippen molar-refractivity contribution in [2.24, 2.45) is 0 Å². The summed E-state index contributed by atoms with van der Waals surface area (Å²) in [5.41, 5.74) is 0.717. The zero-order chi connectivity index (χ0) is 27.6. The lowest BCUT2D eigenvalue weighted by Gasteiger charge is -2.33. The average Bonchev–Trinajstić information content (AvgIpc) is 2.88. The summed E-state index contributed by atoms with van der Waals surface area (Å²) in [6, 6.07) is 23.1. The highest BCUT2D eigenvalue weighted by atomic mass is 35.5. The lowest BCUT2D eigenvalue weighted by molar-refractivity contribution is 0.0377. The topological polar surface area (TPSA) is 77.0 Å². The molecule has 1 atom stereocenters. The van der Waals surface area contributed by atoms with Gasteiger partial charge in [0.25, 0.3) is 0 Å². The standard InChI is InChI=1S/C31H38ClNO5/c1-5-31(22-34,33-29(35)38-30(2,3)4)18-10-13-24-16-17-27(20-28(24)32)37-26-15-9-14-25(19-26)36-21-23-11-7-6-8-12-23/h6-9,11-12,14-17,19-20,34H,5,10,13,18,21-22H2,1-4H3,(H,33,35). The summed E-state index contributed by atoms with van der Waals surface area (Å²) < 4.78 is 17.3. The van der Waals surface area contributed by atoms with E-state index in [2.05, 4.69) is 5.32 Å². The second-order valence-electron chi connectivity index (χ2n) is 10.4. The minimum Gasteiger partial charge on any atom is -0.489 e. The Bertz CT molecular complexity index is 1170. The van der Waals surface area contributed by atoms with Gasteiger partial charge < -0.3 is 24.6 Å². The molecule has 0 saturated heterocycles. The van der Waals surface area contributed by atoms with Crippen molar-refractivity contribution in [3.63, 3.8) is 0 Å². The number of carbonyl (C=O) groups excluding carboxylic acids is 1. The van der Waals surface area contributed by atoms with Gasteiger partial charge in [-0.25, -0.2) is 4.79 Å². The lowest BCUT2D eigenvalue weighted by Crippen LogP contribution is -2.52. The third-order valence-corrected chi connectivity index (χ3v) is 6.51. The summed E-state index contributed by atoms with van der Waals surface area (Å²) in [6.45, 7) is 7.68. The third-order valence-electron chi connectivity index (χ3n) is 6.16.